The number of amides is 1. The van der Waals surface area contributed by atoms with Gasteiger partial charge in [-0.15, -0.1) is 0 Å². The molecule has 1 saturated carbocycles. The van der Waals surface area contributed by atoms with Crippen LogP contribution < -0.4 is 5.32 Å². The molecule has 1 fully saturated rings. The molecular weight excluding hydrogens is 278 g/mol. The summed E-state index contributed by atoms with van der Waals surface area (Å²) < 4.78 is 0. The Morgan fingerprint density at radius 1 is 1.35 bits per heavy atom. The Morgan fingerprint density at radius 3 is 2.55 bits per heavy atom. The average Bonchev–Trinajstić information content (AvgIpc) is 3.11. The first-order chi connectivity index (χ1) is 9.30. The Labute approximate surface area is 123 Å². The SMILES string of the molecule is CC(C)(Cc1ccccc1Cl)NC(=O)C1CC1C(=O)O. The second-order valence-corrected chi connectivity index (χ2v) is 6.34. The predicted molar refractivity (Wildman–Crippen MR) is 76.6 cm³/mol. The number of carbonyl (C=O) groups excluding carboxylic acids is 1. The second-order valence-electron chi connectivity index (χ2n) is 5.93. The molecule has 2 atom stereocenters. The van der Waals surface area contributed by atoms with Crippen molar-refractivity contribution in [1.29, 1.82) is 0 Å². The summed E-state index contributed by atoms with van der Waals surface area (Å²) in [7, 11) is 0. The van der Waals surface area contributed by atoms with E-state index in [-0.39, 0.29) is 5.91 Å². The predicted octanol–water partition coefficient (Wildman–Crippen LogP) is 2.50. The first-order valence-corrected chi connectivity index (χ1v) is 6.96. The largest absolute Gasteiger partial charge is 0.481 e. The zero-order valence-electron chi connectivity index (χ0n) is 11.5. The summed E-state index contributed by atoms with van der Waals surface area (Å²) in [6.45, 7) is 3.82. The van der Waals surface area contributed by atoms with Gasteiger partial charge in [0.15, 0.2) is 0 Å². The fraction of sp³-hybridized carbons (Fsp3) is 0.467. The molecule has 0 aliphatic heterocycles. The Bertz CT molecular complexity index is 542. The monoisotopic (exact) mass is 295 g/mol. The van der Waals surface area contributed by atoms with Crippen molar-refractivity contribution in [2.75, 3.05) is 0 Å². The number of hydrogen-bond donors (Lipinski definition) is 2. The van der Waals surface area contributed by atoms with E-state index in [4.69, 9.17) is 16.7 Å². The van der Waals surface area contributed by atoms with Crippen LogP contribution in [0, 0.1) is 11.8 Å². The molecule has 1 aliphatic rings. The number of halogens is 1. The topological polar surface area (TPSA) is 66.4 Å². The van der Waals surface area contributed by atoms with Gasteiger partial charge in [-0.1, -0.05) is 29.8 Å². The molecule has 2 unspecified atom stereocenters. The molecule has 1 aliphatic carbocycles. The summed E-state index contributed by atoms with van der Waals surface area (Å²) in [6.07, 6.45) is 1.03. The fourth-order valence-electron chi connectivity index (χ4n) is 2.35. The van der Waals surface area contributed by atoms with Crippen molar-refractivity contribution in [3.63, 3.8) is 0 Å². The number of hydrogen-bond acceptors (Lipinski definition) is 2. The van der Waals surface area contributed by atoms with Crippen LogP contribution in [0.3, 0.4) is 0 Å². The zero-order chi connectivity index (χ0) is 14.9. The van der Waals surface area contributed by atoms with Gasteiger partial charge in [0.05, 0.1) is 11.8 Å². The Morgan fingerprint density at radius 2 is 2.00 bits per heavy atom. The van der Waals surface area contributed by atoms with Gasteiger partial charge in [0.2, 0.25) is 5.91 Å². The van der Waals surface area contributed by atoms with Crippen molar-refractivity contribution in [3.8, 4) is 0 Å². The van der Waals surface area contributed by atoms with Crippen LogP contribution in [0.2, 0.25) is 5.02 Å². The van der Waals surface area contributed by atoms with E-state index in [0.29, 0.717) is 17.9 Å². The van der Waals surface area contributed by atoms with Gasteiger partial charge in [0, 0.05) is 10.6 Å². The average molecular weight is 296 g/mol. The molecule has 4 nitrogen and oxygen atoms in total. The van der Waals surface area contributed by atoms with Crippen molar-refractivity contribution in [3.05, 3.63) is 34.9 Å². The van der Waals surface area contributed by atoms with Crippen LogP contribution in [0.15, 0.2) is 24.3 Å². The van der Waals surface area contributed by atoms with Crippen molar-refractivity contribution in [2.45, 2.75) is 32.2 Å². The smallest absolute Gasteiger partial charge is 0.307 e. The van der Waals surface area contributed by atoms with Gasteiger partial charge >= 0.3 is 5.97 Å². The summed E-state index contributed by atoms with van der Waals surface area (Å²) in [5, 5.41) is 12.4. The lowest BCUT2D eigenvalue weighted by Gasteiger charge is -2.27. The standard InChI is InChI=1S/C15H18ClNO3/c1-15(2,8-9-5-3-4-6-12(9)16)17-13(18)10-7-11(10)14(19)20/h3-6,10-11H,7-8H2,1-2H3,(H,17,18)(H,19,20). The van der Waals surface area contributed by atoms with Gasteiger partial charge in [-0.2, -0.15) is 0 Å². The third-order valence-electron chi connectivity index (χ3n) is 3.50. The molecule has 1 aromatic carbocycles. The number of rotatable bonds is 5. The van der Waals surface area contributed by atoms with E-state index in [1.165, 1.54) is 0 Å². The minimum atomic E-state index is -0.894. The third kappa shape index (κ3) is 3.51. The van der Waals surface area contributed by atoms with Crippen LogP contribution in [-0.4, -0.2) is 22.5 Å². The molecule has 1 amide bonds. The number of aliphatic carboxylic acids is 1. The van der Waals surface area contributed by atoms with E-state index in [1.807, 2.05) is 38.1 Å². The van der Waals surface area contributed by atoms with E-state index in [2.05, 4.69) is 5.32 Å². The van der Waals surface area contributed by atoms with E-state index in [0.717, 1.165) is 5.56 Å². The summed E-state index contributed by atoms with van der Waals surface area (Å²) in [5.74, 6) is -1.99. The Kier molecular flexibility index (Phi) is 4.04. The van der Waals surface area contributed by atoms with Crippen LogP contribution in [0.5, 0.6) is 0 Å². The molecule has 0 spiro atoms. The summed E-state index contributed by atoms with van der Waals surface area (Å²) in [5.41, 5.74) is 0.498. The van der Waals surface area contributed by atoms with Crippen molar-refractivity contribution in [1.82, 2.24) is 5.32 Å². The van der Waals surface area contributed by atoms with Crippen molar-refractivity contribution >= 4 is 23.5 Å². The van der Waals surface area contributed by atoms with Crippen LogP contribution in [-0.2, 0) is 16.0 Å². The molecule has 0 saturated heterocycles. The minimum Gasteiger partial charge on any atom is -0.481 e. The van der Waals surface area contributed by atoms with Crippen LogP contribution in [0.1, 0.15) is 25.8 Å². The fourth-order valence-corrected chi connectivity index (χ4v) is 2.55. The van der Waals surface area contributed by atoms with Gasteiger partial charge in [-0.25, -0.2) is 0 Å². The molecule has 0 bridgehead atoms. The van der Waals surface area contributed by atoms with Crippen LogP contribution in [0.25, 0.3) is 0 Å². The maximum Gasteiger partial charge on any atom is 0.307 e. The summed E-state index contributed by atoms with van der Waals surface area (Å²) in [4.78, 5) is 22.8. The Hall–Kier alpha value is -1.55. The highest BCUT2D eigenvalue weighted by molar-refractivity contribution is 6.31. The maximum absolute atomic E-state index is 12.0. The summed E-state index contributed by atoms with van der Waals surface area (Å²) >= 11 is 6.12. The lowest BCUT2D eigenvalue weighted by atomic mass is 9.94. The molecule has 2 rings (SSSR count). The molecule has 0 aromatic heterocycles. The van der Waals surface area contributed by atoms with Gasteiger partial charge in [0.1, 0.15) is 0 Å². The van der Waals surface area contributed by atoms with Gasteiger partial charge in [-0.3, -0.25) is 9.59 Å². The highest BCUT2D eigenvalue weighted by Gasteiger charge is 2.49. The third-order valence-corrected chi connectivity index (χ3v) is 3.86. The van der Waals surface area contributed by atoms with Crippen LogP contribution >= 0.6 is 11.6 Å². The van der Waals surface area contributed by atoms with E-state index < -0.39 is 23.3 Å². The van der Waals surface area contributed by atoms with E-state index >= 15 is 0 Å². The molecular formula is C15H18ClNO3. The van der Waals surface area contributed by atoms with Crippen LogP contribution in [0.4, 0.5) is 0 Å². The number of benzene rings is 1. The van der Waals surface area contributed by atoms with E-state index in [9.17, 15) is 9.59 Å². The Balaban J connectivity index is 1.96. The molecule has 5 heteroatoms. The number of carboxylic acids is 1. The molecule has 2 N–H and O–H groups in total. The molecule has 108 valence electrons. The summed E-state index contributed by atoms with van der Waals surface area (Å²) in [6, 6.07) is 7.50. The number of nitrogens with one attached hydrogen (secondary N) is 1. The minimum absolute atomic E-state index is 0.186. The van der Waals surface area contributed by atoms with E-state index in [1.54, 1.807) is 0 Å². The number of carbonyl (C=O) groups is 2. The molecule has 0 heterocycles. The highest BCUT2D eigenvalue weighted by Crippen LogP contribution is 2.39. The normalized spacial score (nSPS) is 21.4. The quantitative estimate of drug-likeness (QED) is 0.877. The number of carboxylic acid groups (broad SMARTS) is 1. The molecule has 1 aromatic rings. The van der Waals surface area contributed by atoms with Crippen molar-refractivity contribution in [2.24, 2.45) is 11.8 Å². The maximum atomic E-state index is 12.0. The highest BCUT2D eigenvalue weighted by atomic mass is 35.5. The van der Waals surface area contributed by atoms with Gasteiger partial charge in [-0.05, 0) is 38.3 Å². The van der Waals surface area contributed by atoms with Gasteiger partial charge < -0.3 is 10.4 Å². The second kappa shape index (κ2) is 5.44. The molecule has 0 radical (unpaired) electrons. The lowest BCUT2D eigenvalue weighted by Crippen LogP contribution is -2.46. The van der Waals surface area contributed by atoms with Gasteiger partial charge in [0.25, 0.3) is 0 Å². The first kappa shape index (κ1) is 14.9. The zero-order valence-corrected chi connectivity index (χ0v) is 12.3. The first-order valence-electron chi connectivity index (χ1n) is 6.58. The van der Waals surface area contributed by atoms with Crippen molar-refractivity contribution < 1.29 is 14.7 Å². The molecule has 20 heavy (non-hydrogen) atoms. The lowest BCUT2D eigenvalue weighted by molar-refractivity contribution is -0.140.